The van der Waals surface area contributed by atoms with Crippen LogP contribution in [-0.4, -0.2) is 20.6 Å². The molecule has 2 heteroatoms. The highest BCUT2D eigenvalue weighted by atomic mass is 15.1. The van der Waals surface area contributed by atoms with Gasteiger partial charge < -0.3 is 9.80 Å². The summed E-state index contributed by atoms with van der Waals surface area (Å²) >= 11 is 0. The van der Waals surface area contributed by atoms with Crippen LogP contribution in [0.5, 0.6) is 0 Å². The van der Waals surface area contributed by atoms with Gasteiger partial charge in [-0.25, -0.2) is 0 Å². The fraction of sp³-hybridized carbons (Fsp3) is 0.143. The summed E-state index contributed by atoms with van der Waals surface area (Å²) in [7, 11) is 4.16. The van der Waals surface area contributed by atoms with Crippen LogP contribution in [0.15, 0.2) is 115 Å². The van der Waals surface area contributed by atoms with Crippen LogP contribution in [0.25, 0.3) is 35.5 Å². The zero-order chi connectivity index (χ0) is 30.6. The molecule has 44 heavy (non-hydrogen) atoms. The quantitative estimate of drug-likeness (QED) is 0.179. The Morgan fingerprint density at radius 1 is 0.659 bits per heavy atom. The van der Waals surface area contributed by atoms with Crippen molar-refractivity contribution in [2.24, 2.45) is 0 Å². The van der Waals surface area contributed by atoms with Gasteiger partial charge in [-0.1, -0.05) is 97.1 Å². The molecule has 0 aromatic heterocycles. The van der Waals surface area contributed by atoms with Gasteiger partial charge in [0.1, 0.15) is 0 Å². The van der Waals surface area contributed by atoms with E-state index in [1.165, 1.54) is 72.7 Å². The third-order valence-electron chi connectivity index (χ3n) is 8.50. The predicted octanol–water partition coefficient (Wildman–Crippen LogP) is 10.9. The molecule has 5 aromatic rings. The summed E-state index contributed by atoms with van der Waals surface area (Å²) < 4.78 is 0. The van der Waals surface area contributed by atoms with Crippen molar-refractivity contribution in [2.75, 3.05) is 30.4 Å². The molecule has 1 aliphatic heterocycles. The second kappa shape index (κ2) is 12.7. The van der Waals surface area contributed by atoms with Gasteiger partial charge in [0, 0.05) is 37.7 Å². The molecule has 6 rings (SSSR count). The number of allylic oxidation sites excluding steroid dienone is 1. The molecule has 0 radical (unpaired) electrons. The van der Waals surface area contributed by atoms with Gasteiger partial charge in [-0.3, -0.25) is 0 Å². The summed E-state index contributed by atoms with van der Waals surface area (Å²) in [6, 6.07) is 41.7. The van der Waals surface area contributed by atoms with E-state index in [1.807, 2.05) is 0 Å². The van der Waals surface area contributed by atoms with E-state index < -0.39 is 0 Å². The Bertz CT molecular complexity index is 1860. The van der Waals surface area contributed by atoms with Crippen molar-refractivity contribution in [3.05, 3.63) is 160 Å². The average Bonchev–Trinajstić information content (AvgIpc) is 3.20. The fourth-order valence-electron chi connectivity index (χ4n) is 6.02. The fourth-order valence-corrected chi connectivity index (χ4v) is 6.02. The summed E-state index contributed by atoms with van der Waals surface area (Å²) in [6.45, 7) is 7.54. The number of rotatable bonds is 7. The molecular formula is C42H40N2. The maximum Gasteiger partial charge on any atom is 0.0487 e. The molecule has 0 N–H and O–H groups in total. The van der Waals surface area contributed by atoms with Crippen molar-refractivity contribution >= 4 is 52.5 Å². The first-order valence-corrected chi connectivity index (χ1v) is 15.4. The lowest BCUT2D eigenvalue weighted by Gasteiger charge is -2.26. The van der Waals surface area contributed by atoms with Crippen LogP contribution in [0.2, 0.25) is 0 Å². The average molecular weight is 573 g/mol. The molecule has 0 saturated heterocycles. The summed E-state index contributed by atoms with van der Waals surface area (Å²) in [5, 5.41) is 0. The van der Waals surface area contributed by atoms with Crippen LogP contribution in [-0.2, 0) is 0 Å². The van der Waals surface area contributed by atoms with E-state index in [0.29, 0.717) is 0 Å². The van der Waals surface area contributed by atoms with Crippen LogP contribution in [0, 0.1) is 6.92 Å². The maximum atomic E-state index is 2.45. The van der Waals surface area contributed by atoms with Crippen LogP contribution >= 0.6 is 0 Å². The van der Waals surface area contributed by atoms with Crippen LogP contribution in [0.1, 0.15) is 58.4 Å². The zero-order valence-corrected chi connectivity index (χ0v) is 26.4. The Morgan fingerprint density at radius 2 is 1.27 bits per heavy atom. The van der Waals surface area contributed by atoms with E-state index >= 15 is 0 Å². The highest BCUT2D eigenvalue weighted by Gasteiger charge is 2.19. The second-order valence-corrected chi connectivity index (χ2v) is 11.7. The predicted molar refractivity (Wildman–Crippen MR) is 193 cm³/mol. The Labute approximate surface area is 262 Å². The van der Waals surface area contributed by atoms with Crippen molar-refractivity contribution < 1.29 is 0 Å². The van der Waals surface area contributed by atoms with E-state index in [4.69, 9.17) is 0 Å². The Balaban J connectivity index is 1.40. The molecule has 0 unspecified atom stereocenters. The molecule has 0 aliphatic carbocycles. The normalized spacial score (nSPS) is 12.9. The van der Waals surface area contributed by atoms with Gasteiger partial charge in [0.2, 0.25) is 0 Å². The number of benzene rings is 5. The van der Waals surface area contributed by atoms with Crippen molar-refractivity contribution in [2.45, 2.75) is 20.8 Å². The molecule has 0 amide bonds. The van der Waals surface area contributed by atoms with Gasteiger partial charge in [-0.15, -0.1) is 0 Å². The largest absolute Gasteiger partial charge is 0.378 e. The van der Waals surface area contributed by atoms with Crippen LogP contribution < -0.4 is 9.80 Å². The van der Waals surface area contributed by atoms with Crippen molar-refractivity contribution in [1.82, 2.24) is 0 Å². The number of fused-ring (bicyclic) bond motifs is 2. The summed E-state index contributed by atoms with van der Waals surface area (Å²) in [5.74, 6) is 0. The van der Waals surface area contributed by atoms with Crippen LogP contribution in [0.4, 0.5) is 17.1 Å². The zero-order valence-electron chi connectivity index (χ0n) is 26.4. The molecule has 0 fully saturated rings. The van der Waals surface area contributed by atoms with Gasteiger partial charge in [-0.05, 0) is 119 Å². The lowest BCUT2D eigenvalue weighted by atomic mass is 9.94. The molecule has 0 bridgehead atoms. The highest BCUT2D eigenvalue weighted by Crippen LogP contribution is 2.39. The smallest absolute Gasteiger partial charge is 0.0487 e. The minimum Gasteiger partial charge on any atom is -0.378 e. The van der Waals surface area contributed by atoms with E-state index in [2.05, 4.69) is 184 Å². The van der Waals surface area contributed by atoms with Gasteiger partial charge in [0.05, 0.1) is 0 Å². The summed E-state index contributed by atoms with van der Waals surface area (Å²) in [4.78, 5) is 4.58. The molecule has 1 aliphatic rings. The molecule has 0 saturated carbocycles. The van der Waals surface area contributed by atoms with E-state index in [1.54, 1.807) is 0 Å². The van der Waals surface area contributed by atoms with Crippen molar-refractivity contribution in [3.8, 4) is 0 Å². The van der Waals surface area contributed by atoms with Gasteiger partial charge >= 0.3 is 0 Å². The maximum absolute atomic E-state index is 2.45. The molecule has 2 nitrogen and oxygen atoms in total. The lowest BCUT2D eigenvalue weighted by molar-refractivity contribution is 1.02. The molecule has 1 heterocycles. The number of aryl methyl sites for hydroxylation is 1. The molecule has 5 aromatic carbocycles. The van der Waals surface area contributed by atoms with Crippen molar-refractivity contribution in [3.63, 3.8) is 0 Å². The Hall–Kier alpha value is -5.08. The second-order valence-electron chi connectivity index (χ2n) is 11.7. The number of hydrogen-bond acceptors (Lipinski definition) is 2. The minimum atomic E-state index is 0.891. The molecule has 0 atom stereocenters. The number of hydrogen-bond donors (Lipinski definition) is 0. The molecule has 0 spiro atoms. The van der Waals surface area contributed by atoms with E-state index in [0.717, 1.165) is 6.54 Å². The SMILES string of the molecule is CCN1c2ccc(/C=C(\c3ccccc3)c3ccc(N(C)C)cc3)cc2C=Cc2cc(/C=C(\C)c3ccccc3)c(C)cc21. The highest BCUT2D eigenvalue weighted by molar-refractivity contribution is 5.95. The van der Waals surface area contributed by atoms with Gasteiger partial charge in [0.15, 0.2) is 0 Å². The monoisotopic (exact) mass is 572 g/mol. The van der Waals surface area contributed by atoms with E-state index in [9.17, 15) is 0 Å². The molecular weight excluding hydrogens is 532 g/mol. The third kappa shape index (κ3) is 6.02. The minimum absolute atomic E-state index is 0.891. The summed E-state index contributed by atoms with van der Waals surface area (Å²) in [5.41, 5.74) is 16.0. The standard InChI is InChI=1S/C42H40N2/c1-6-44-41-24-17-32(28-40(34-15-11-8-12-16-34)35-20-22-39(23-21-35)43(4)5)27-36(41)18-19-37-29-38(31(3)26-42(37)44)25-30(2)33-13-9-7-10-14-33/h7-29H,6H2,1-5H3/b30-25+,40-28+. The van der Waals surface area contributed by atoms with E-state index in [-0.39, 0.29) is 0 Å². The topological polar surface area (TPSA) is 6.48 Å². The first kappa shape index (κ1) is 29.0. The Morgan fingerprint density at radius 3 is 1.91 bits per heavy atom. The van der Waals surface area contributed by atoms with Gasteiger partial charge in [0.25, 0.3) is 0 Å². The first-order valence-electron chi connectivity index (χ1n) is 15.4. The lowest BCUT2D eigenvalue weighted by Crippen LogP contribution is -2.17. The van der Waals surface area contributed by atoms with Crippen molar-refractivity contribution in [1.29, 1.82) is 0 Å². The molecule has 218 valence electrons. The van der Waals surface area contributed by atoms with Gasteiger partial charge in [-0.2, -0.15) is 0 Å². The number of anilines is 3. The summed E-state index contributed by atoms with van der Waals surface area (Å²) in [6.07, 6.45) is 9.19. The third-order valence-corrected chi connectivity index (χ3v) is 8.50. The van der Waals surface area contributed by atoms with Crippen LogP contribution in [0.3, 0.4) is 0 Å². The first-order chi connectivity index (χ1) is 21.4. The number of nitrogens with zero attached hydrogens (tertiary/aromatic N) is 2. The Kier molecular flexibility index (Phi) is 8.34.